The molecule has 2 aromatic carbocycles. The Labute approximate surface area is 142 Å². The molecule has 1 aliphatic heterocycles. The van der Waals surface area contributed by atoms with Gasteiger partial charge >= 0.3 is 0 Å². The Hall–Kier alpha value is -3.73. The minimum absolute atomic E-state index is 0.115. The van der Waals surface area contributed by atoms with Gasteiger partial charge in [0.25, 0.3) is 11.8 Å². The van der Waals surface area contributed by atoms with Crippen LogP contribution in [0.3, 0.4) is 0 Å². The molecule has 2 aromatic rings. The zero-order chi connectivity index (χ0) is 17.6. The molecule has 0 atom stereocenters. The van der Waals surface area contributed by atoms with Gasteiger partial charge in [0, 0.05) is 5.56 Å². The molecular formula is C17H13N3O5. The Bertz CT molecular complexity index is 842. The number of hydrazine groups is 1. The first-order valence-corrected chi connectivity index (χ1v) is 7.27. The third-order valence-electron chi connectivity index (χ3n) is 3.30. The highest BCUT2D eigenvalue weighted by Crippen LogP contribution is 2.32. The summed E-state index contributed by atoms with van der Waals surface area (Å²) in [6, 6.07) is 13.0. The van der Waals surface area contributed by atoms with Crippen LogP contribution in [0.5, 0.6) is 17.2 Å². The van der Waals surface area contributed by atoms with E-state index in [1.165, 1.54) is 6.07 Å². The average molecular weight is 339 g/mol. The second-order valence-electron chi connectivity index (χ2n) is 5.00. The van der Waals surface area contributed by atoms with Crippen LogP contribution in [0.1, 0.15) is 15.9 Å². The summed E-state index contributed by atoms with van der Waals surface area (Å²) in [5, 5.41) is 8.70. The molecule has 126 valence electrons. The molecule has 0 spiro atoms. The standard InChI is InChI=1S/C17H13N3O5/c18-8-11-1-4-13(5-2-11)23-9-16(21)19-20-17(22)12-3-6-14-15(7-12)25-10-24-14/h1-7H,9-10H2,(H,19,21)(H,20,22). The van der Waals surface area contributed by atoms with E-state index in [0.717, 1.165) is 0 Å². The number of benzene rings is 2. The summed E-state index contributed by atoms with van der Waals surface area (Å²) in [7, 11) is 0. The van der Waals surface area contributed by atoms with E-state index >= 15 is 0 Å². The van der Waals surface area contributed by atoms with Crippen LogP contribution in [0.25, 0.3) is 0 Å². The summed E-state index contributed by atoms with van der Waals surface area (Å²) in [5.74, 6) is 0.458. The number of fused-ring (bicyclic) bond motifs is 1. The van der Waals surface area contributed by atoms with E-state index in [-0.39, 0.29) is 13.4 Å². The molecule has 0 aromatic heterocycles. The fourth-order valence-electron chi connectivity index (χ4n) is 2.05. The molecule has 25 heavy (non-hydrogen) atoms. The van der Waals surface area contributed by atoms with Gasteiger partial charge < -0.3 is 14.2 Å². The predicted octanol–water partition coefficient (Wildman–Crippen LogP) is 1.13. The second kappa shape index (κ2) is 7.23. The molecule has 0 saturated heterocycles. The van der Waals surface area contributed by atoms with E-state index < -0.39 is 11.8 Å². The average Bonchev–Trinajstić information content (AvgIpc) is 3.12. The van der Waals surface area contributed by atoms with Gasteiger partial charge in [-0.25, -0.2) is 0 Å². The van der Waals surface area contributed by atoms with Gasteiger partial charge in [0.1, 0.15) is 5.75 Å². The van der Waals surface area contributed by atoms with Gasteiger partial charge in [-0.3, -0.25) is 20.4 Å². The van der Waals surface area contributed by atoms with E-state index in [9.17, 15) is 9.59 Å². The number of hydrogen-bond acceptors (Lipinski definition) is 6. The van der Waals surface area contributed by atoms with Crippen LogP contribution < -0.4 is 25.1 Å². The molecular weight excluding hydrogens is 326 g/mol. The van der Waals surface area contributed by atoms with Gasteiger partial charge in [-0.15, -0.1) is 0 Å². The van der Waals surface area contributed by atoms with Crippen molar-refractivity contribution in [3.8, 4) is 23.3 Å². The van der Waals surface area contributed by atoms with Crippen molar-refractivity contribution >= 4 is 11.8 Å². The minimum Gasteiger partial charge on any atom is -0.484 e. The van der Waals surface area contributed by atoms with E-state index in [1.807, 2.05) is 6.07 Å². The first kappa shape index (κ1) is 16.1. The highest BCUT2D eigenvalue weighted by molar-refractivity contribution is 5.96. The lowest BCUT2D eigenvalue weighted by molar-refractivity contribution is -0.123. The zero-order valence-corrected chi connectivity index (χ0v) is 12.9. The Morgan fingerprint density at radius 3 is 2.60 bits per heavy atom. The molecule has 0 saturated carbocycles. The molecule has 0 radical (unpaired) electrons. The van der Waals surface area contributed by atoms with Crippen molar-refractivity contribution < 1.29 is 23.8 Å². The van der Waals surface area contributed by atoms with Gasteiger partial charge in [-0.1, -0.05) is 0 Å². The van der Waals surface area contributed by atoms with Crippen LogP contribution in [-0.4, -0.2) is 25.2 Å². The Morgan fingerprint density at radius 2 is 1.84 bits per heavy atom. The molecule has 0 aliphatic carbocycles. The van der Waals surface area contributed by atoms with Crippen molar-refractivity contribution in [3.05, 3.63) is 53.6 Å². The summed E-state index contributed by atoms with van der Waals surface area (Å²) in [6.45, 7) is -0.169. The van der Waals surface area contributed by atoms with Crippen molar-refractivity contribution in [2.24, 2.45) is 0 Å². The monoisotopic (exact) mass is 339 g/mol. The van der Waals surface area contributed by atoms with Crippen molar-refractivity contribution in [3.63, 3.8) is 0 Å². The highest BCUT2D eigenvalue weighted by Gasteiger charge is 2.16. The molecule has 0 fully saturated rings. The quantitative estimate of drug-likeness (QED) is 0.808. The molecule has 1 heterocycles. The SMILES string of the molecule is N#Cc1ccc(OCC(=O)NNC(=O)c2ccc3c(c2)OCO3)cc1. The third-order valence-corrected chi connectivity index (χ3v) is 3.30. The van der Waals surface area contributed by atoms with Crippen LogP contribution in [0.2, 0.25) is 0 Å². The number of hydrogen-bond donors (Lipinski definition) is 2. The first-order chi connectivity index (χ1) is 12.2. The van der Waals surface area contributed by atoms with Gasteiger partial charge in [-0.05, 0) is 42.5 Å². The van der Waals surface area contributed by atoms with Gasteiger partial charge in [-0.2, -0.15) is 5.26 Å². The van der Waals surface area contributed by atoms with Crippen LogP contribution in [-0.2, 0) is 4.79 Å². The fourth-order valence-corrected chi connectivity index (χ4v) is 2.05. The topological polar surface area (TPSA) is 110 Å². The number of nitrogens with one attached hydrogen (secondary N) is 2. The smallest absolute Gasteiger partial charge is 0.276 e. The van der Waals surface area contributed by atoms with Gasteiger partial charge in [0.05, 0.1) is 11.6 Å². The number of nitrogens with zero attached hydrogens (tertiary/aromatic N) is 1. The summed E-state index contributed by atoms with van der Waals surface area (Å²) in [6.07, 6.45) is 0. The highest BCUT2D eigenvalue weighted by atomic mass is 16.7. The largest absolute Gasteiger partial charge is 0.484 e. The zero-order valence-electron chi connectivity index (χ0n) is 12.9. The predicted molar refractivity (Wildman–Crippen MR) is 84.8 cm³/mol. The van der Waals surface area contributed by atoms with Gasteiger partial charge in [0.2, 0.25) is 6.79 Å². The lowest BCUT2D eigenvalue weighted by atomic mass is 10.2. The Morgan fingerprint density at radius 1 is 1.08 bits per heavy atom. The van der Waals surface area contributed by atoms with Gasteiger partial charge in [0.15, 0.2) is 18.1 Å². The van der Waals surface area contributed by atoms with Crippen molar-refractivity contribution in [2.45, 2.75) is 0 Å². The normalized spacial score (nSPS) is 11.3. The number of rotatable bonds is 4. The molecule has 8 heteroatoms. The van der Waals surface area contributed by atoms with Crippen molar-refractivity contribution in [1.82, 2.24) is 10.9 Å². The van der Waals surface area contributed by atoms with Crippen molar-refractivity contribution in [1.29, 1.82) is 5.26 Å². The lowest BCUT2D eigenvalue weighted by Crippen LogP contribution is -2.43. The van der Waals surface area contributed by atoms with E-state index in [2.05, 4.69) is 10.9 Å². The molecule has 2 N–H and O–H groups in total. The maximum absolute atomic E-state index is 12.0. The number of carbonyl (C=O) groups is 2. The fraction of sp³-hybridized carbons (Fsp3) is 0.118. The molecule has 0 unspecified atom stereocenters. The Kier molecular flexibility index (Phi) is 4.67. The number of nitriles is 1. The van der Waals surface area contributed by atoms with Crippen LogP contribution in [0.15, 0.2) is 42.5 Å². The van der Waals surface area contributed by atoms with E-state index in [0.29, 0.717) is 28.4 Å². The van der Waals surface area contributed by atoms with Crippen LogP contribution in [0.4, 0.5) is 0 Å². The Balaban J connectivity index is 1.46. The molecule has 1 aliphatic rings. The second-order valence-corrected chi connectivity index (χ2v) is 5.00. The van der Waals surface area contributed by atoms with Crippen LogP contribution >= 0.6 is 0 Å². The molecule has 2 amide bonds. The summed E-state index contributed by atoms with van der Waals surface area (Å²) in [4.78, 5) is 23.7. The third kappa shape index (κ3) is 3.97. The molecule has 0 bridgehead atoms. The van der Waals surface area contributed by atoms with E-state index in [1.54, 1.807) is 36.4 Å². The number of ether oxygens (including phenoxy) is 3. The number of amides is 2. The summed E-state index contributed by atoms with van der Waals surface area (Å²) < 4.78 is 15.6. The summed E-state index contributed by atoms with van der Waals surface area (Å²) >= 11 is 0. The molecule has 3 rings (SSSR count). The maximum Gasteiger partial charge on any atom is 0.276 e. The lowest BCUT2D eigenvalue weighted by Gasteiger charge is -2.09. The first-order valence-electron chi connectivity index (χ1n) is 7.27. The summed E-state index contributed by atoms with van der Waals surface area (Å²) in [5.41, 5.74) is 5.35. The minimum atomic E-state index is -0.529. The van der Waals surface area contributed by atoms with Crippen LogP contribution in [0, 0.1) is 11.3 Å². The van der Waals surface area contributed by atoms with Crippen molar-refractivity contribution in [2.75, 3.05) is 13.4 Å². The number of carbonyl (C=O) groups excluding carboxylic acids is 2. The molecule has 8 nitrogen and oxygen atoms in total. The maximum atomic E-state index is 12.0. The van der Waals surface area contributed by atoms with E-state index in [4.69, 9.17) is 19.5 Å².